The van der Waals surface area contributed by atoms with E-state index in [1.54, 1.807) is 0 Å². The molecule has 8 nitrogen and oxygen atoms in total. The Morgan fingerprint density at radius 2 is 2.10 bits per heavy atom. The van der Waals surface area contributed by atoms with Crippen molar-refractivity contribution in [3.63, 3.8) is 0 Å². The number of hydrogen-bond acceptors (Lipinski definition) is 8. The van der Waals surface area contributed by atoms with Crippen LogP contribution in [0.25, 0.3) is 0 Å². The van der Waals surface area contributed by atoms with E-state index in [0.29, 0.717) is 38.3 Å². The monoisotopic (exact) mass is 282 g/mol. The molecule has 1 atom stereocenters. The second kappa shape index (κ2) is 7.20. The van der Waals surface area contributed by atoms with Crippen molar-refractivity contribution in [3.05, 3.63) is 0 Å². The number of nitrogen functional groups attached to an aromatic ring is 1. The Morgan fingerprint density at radius 3 is 2.80 bits per heavy atom. The number of rotatable bonds is 6. The zero-order valence-electron chi connectivity index (χ0n) is 12.0. The van der Waals surface area contributed by atoms with Crippen LogP contribution < -0.4 is 16.0 Å². The number of morpholine rings is 1. The number of aromatic nitrogens is 3. The van der Waals surface area contributed by atoms with Crippen LogP contribution in [0, 0.1) is 0 Å². The third kappa shape index (κ3) is 4.17. The van der Waals surface area contributed by atoms with Gasteiger partial charge in [-0.2, -0.15) is 15.0 Å². The molecule has 0 saturated carbocycles. The number of ether oxygens (including phenoxy) is 2. The fraction of sp³-hybridized carbons (Fsp3) is 0.750. The molecule has 0 aromatic carbocycles. The molecule has 0 amide bonds. The van der Waals surface area contributed by atoms with Crippen molar-refractivity contribution in [2.45, 2.75) is 20.0 Å². The summed E-state index contributed by atoms with van der Waals surface area (Å²) in [6.45, 7) is 8.14. The highest BCUT2D eigenvalue weighted by Gasteiger charge is 2.16. The minimum absolute atomic E-state index is 0.0878. The Bertz CT molecular complexity index is 424. The summed E-state index contributed by atoms with van der Waals surface area (Å²) < 4.78 is 10.8. The molecule has 0 radical (unpaired) electrons. The van der Waals surface area contributed by atoms with Gasteiger partial charge in [0, 0.05) is 26.2 Å². The largest absolute Gasteiger partial charge is 0.378 e. The van der Waals surface area contributed by atoms with Crippen LogP contribution in [0.1, 0.15) is 13.8 Å². The third-order valence-corrected chi connectivity index (χ3v) is 2.93. The molecular formula is C12H22N6O2. The highest BCUT2D eigenvalue weighted by molar-refractivity contribution is 5.42. The first kappa shape index (κ1) is 14.7. The van der Waals surface area contributed by atoms with Gasteiger partial charge in [0.05, 0.1) is 19.3 Å². The Kier molecular flexibility index (Phi) is 5.31. The van der Waals surface area contributed by atoms with Gasteiger partial charge in [-0.1, -0.05) is 0 Å². The maximum Gasteiger partial charge on any atom is 0.232 e. The van der Waals surface area contributed by atoms with Gasteiger partial charge in [0.25, 0.3) is 0 Å². The standard InChI is InChI=1S/C12H22N6O2/c1-3-20-9(2)8-14-11-15-10(13)16-12(17-11)18-4-6-19-7-5-18/h9H,3-8H2,1-2H3,(H3,13,14,15,16,17). The lowest BCUT2D eigenvalue weighted by molar-refractivity contribution is 0.0854. The fourth-order valence-electron chi connectivity index (χ4n) is 1.94. The molecule has 1 unspecified atom stereocenters. The van der Waals surface area contributed by atoms with Crippen molar-refractivity contribution >= 4 is 17.8 Å². The maximum atomic E-state index is 5.74. The van der Waals surface area contributed by atoms with Crippen LogP contribution >= 0.6 is 0 Å². The van der Waals surface area contributed by atoms with Gasteiger partial charge in [0.15, 0.2) is 0 Å². The van der Waals surface area contributed by atoms with Crippen LogP contribution in [0.4, 0.5) is 17.8 Å². The number of anilines is 3. The zero-order chi connectivity index (χ0) is 14.4. The molecular weight excluding hydrogens is 260 g/mol. The van der Waals surface area contributed by atoms with Crippen molar-refractivity contribution in [1.82, 2.24) is 15.0 Å². The Labute approximate surface area is 118 Å². The summed E-state index contributed by atoms with van der Waals surface area (Å²) in [6, 6.07) is 0. The highest BCUT2D eigenvalue weighted by Crippen LogP contribution is 2.13. The Hall–Kier alpha value is -1.67. The van der Waals surface area contributed by atoms with E-state index in [1.165, 1.54) is 0 Å². The predicted molar refractivity (Wildman–Crippen MR) is 76.8 cm³/mol. The summed E-state index contributed by atoms with van der Waals surface area (Å²) in [5.41, 5.74) is 5.74. The second-order valence-electron chi connectivity index (χ2n) is 4.56. The minimum atomic E-state index is 0.0878. The molecule has 1 aliphatic rings. The molecule has 0 aliphatic carbocycles. The van der Waals surface area contributed by atoms with Crippen molar-refractivity contribution < 1.29 is 9.47 Å². The quantitative estimate of drug-likeness (QED) is 0.759. The maximum absolute atomic E-state index is 5.74. The summed E-state index contributed by atoms with van der Waals surface area (Å²) >= 11 is 0. The molecule has 20 heavy (non-hydrogen) atoms. The van der Waals surface area contributed by atoms with Crippen LogP contribution in [0.2, 0.25) is 0 Å². The molecule has 1 fully saturated rings. The number of nitrogens with one attached hydrogen (secondary N) is 1. The summed E-state index contributed by atoms with van der Waals surface area (Å²) in [5, 5.41) is 3.12. The second-order valence-corrected chi connectivity index (χ2v) is 4.56. The van der Waals surface area contributed by atoms with Gasteiger partial charge < -0.3 is 25.4 Å². The van der Waals surface area contributed by atoms with E-state index in [1.807, 2.05) is 18.7 Å². The molecule has 1 aromatic rings. The molecule has 0 spiro atoms. The molecule has 2 heterocycles. The van der Waals surface area contributed by atoms with Gasteiger partial charge in [-0.15, -0.1) is 0 Å². The number of nitrogens with zero attached hydrogens (tertiary/aromatic N) is 4. The number of nitrogens with two attached hydrogens (primary N) is 1. The average molecular weight is 282 g/mol. The van der Waals surface area contributed by atoms with E-state index in [2.05, 4.69) is 20.3 Å². The molecule has 8 heteroatoms. The zero-order valence-corrected chi connectivity index (χ0v) is 12.0. The van der Waals surface area contributed by atoms with Crippen LogP contribution in [-0.2, 0) is 9.47 Å². The van der Waals surface area contributed by atoms with Crippen molar-refractivity contribution in [2.75, 3.05) is 55.4 Å². The molecule has 1 aliphatic heterocycles. The molecule has 1 saturated heterocycles. The summed E-state index contributed by atoms with van der Waals surface area (Å²) in [7, 11) is 0. The normalized spacial score (nSPS) is 17.0. The predicted octanol–water partition coefficient (Wildman–Crippen LogP) is 0.127. The highest BCUT2D eigenvalue weighted by atomic mass is 16.5. The smallest absolute Gasteiger partial charge is 0.232 e. The van der Waals surface area contributed by atoms with E-state index in [9.17, 15) is 0 Å². The molecule has 112 valence electrons. The number of hydrogen-bond donors (Lipinski definition) is 2. The molecule has 3 N–H and O–H groups in total. The van der Waals surface area contributed by atoms with Gasteiger partial charge in [-0.3, -0.25) is 0 Å². The van der Waals surface area contributed by atoms with E-state index < -0.39 is 0 Å². The third-order valence-electron chi connectivity index (χ3n) is 2.93. The van der Waals surface area contributed by atoms with E-state index in [0.717, 1.165) is 13.1 Å². The summed E-state index contributed by atoms with van der Waals surface area (Å²) in [6.07, 6.45) is 0.0878. The summed E-state index contributed by atoms with van der Waals surface area (Å²) in [4.78, 5) is 14.7. The first-order chi connectivity index (χ1) is 9.69. The molecule has 1 aromatic heterocycles. The topological polar surface area (TPSA) is 98.4 Å². The molecule has 0 bridgehead atoms. The van der Waals surface area contributed by atoms with Crippen LogP contribution in [-0.4, -0.2) is 60.5 Å². The minimum Gasteiger partial charge on any atom is -0.378 e. The lowest BCUT2D eigenvalue weighted by atomic mass is 10.4. The van der Waals surface area contributed by atoms with Crippen molar-refractivity contribution in [3.8, 4) is 0 Å². The van der Waals surface area contributed by atoms with Gasteiger partial charge in [0.2, 0.25) is 17.8 Å². The molecule has 2 rings (SSSR count). The van der Waals surface area contributed by atoms with Gasteiger partial charge in [-0.25, -0.2) is 0 Å². The lowest BCUT2D eigenvalue weighted by Gasteiger charge is -2.26. The average Bonchev–Trinajstić information content (AvgIpc) is 2.46. The first-order valence-corrected chi connectivity index (χ1v) is 6.88. The fourth-order valence-corrected chi connectivity index (χ4v) is 1.94. The van der Waals surface area contributed by atoms with Crippen LogP contribution in [0.15, 0.2) is 0 Å². The van der Waals surface area contributed by atoms with Crippen molar-refractivity contribution in [1.29, 1.82) is 0 Å². The van der Waals surface area contributed by atoms with E-state index in [4.69, 9.17) is 15.2 Å². The summed E-state index contributed by atoms with van der Waals surface area (Å²) in [5.74, 6) is 1.28. The van der Waals surface area contributed by atoms with Crippen LogP contribution in [0.5, 0.6) is 0 Å². The van der Waals surface area contributed by atoms with Gasteiger partial charge in [-0.05, 0) is 13.8 Å². The Morgan fingerprint density at radius 1 is 1.35 bits per heavy atom. The van der Waals surface area contributed by atoms with Gasteiger partial charge in [0.1, 0.15) is 0 Å². The Balaban J connectivity index is 2.00. The van der Waals surface area contributed by atoms with E-state index >= 15 is 0 Å². The van der Waals surface area contributed by atoms with Gasteiger partial charge >= 0.3 is 0 Å². The SMILES string of the molecule is CCOC(C)CNc1nc(N)nc(N2CCOCC2)n1. The van der Waals surface area contributed by atoms with Crippen LogP contribution in [0.3, 0.4) is 0 Å². The van der Waals surface area contributed by atoms with Crippen molar-refractivity contribution in [2.24, 2.45) is 0 Å². The van der Waals surface area contributed by atoms with E-state index in [-0.39, 0.29) is 12.1 Å². The lowest BCUT2D eigenvalue weighted by Crippen LogP contribution is -2.37. The first-order valence-electron chi connectivity index (χ1n) is 6.88.